The number of carbonyl (C=O) groups excluding carboxylic acids is 5. The summed E-state index contributed by atoms with van der Waals surface area (Å²) in [5.74, 6) is -0.473. The van der Waals surface area contributed by atoms with Crippen LogP contribution in [0.5, 0.6) is 11.5 Å². The quantitative estimate of drug-likeness (QED) is 0.0957. The number of amides is 4. The van der Waals surface area contributed by atoms with Crippen molar-refractivity contribution in [3.63, 3.8) is 0 Å². The van der Waals surface area contributed by atoms with Crippen molar-refractivity contribution in [1.82, 2.24) is 24.7 Å². The van der Waals surface area contributed by atoms with Crippen molar-refractivity contribution in [3.05, 3.63) is 82.0 Å². The second kappa shape index (κ2) is 17.4. The number of ketones is 1. The van der Waals surface area contributed by atoms with Gasteiger partial charge in [-0.3, -0.25) is 44.0 Å². The Morgan fingerprint density at radius 3 is 2.37 bits per heavy atom. The Hall–Kier alpha value is -5.97. The Morgan fingerprint density at radius 2 is 1.66 bits per heavy atom. The highest BCUT2D eigenvalue weighted by Gasteiger charge is 2.70. The molecular formula is C46H52N6O10. The summed E-state index contributed by atoms with van der Waals surface area (Å²) in [6, 6.07) is 9.73. The van der Waals surface area contributed by atoms with E-state index < -0.39 is 29.7 Å². The number of piperidine rings is 1. The van der Waals surface area contributed by atoms with Crippen LogP contribution in [0.25, 0.3) is 21.9 Å². The number of pyridine rings is 2. The molecule has 2 N–H and O–H groups in total. The van der Waals surface area contributed by atoms with E-state index in [0.29, 0.717) is 80.7 Å². The molecule has 16 nitrogen and oxygen atoms in total. The number of methoxy groups -OCH3 is 2. The lowest BCUT2D eigenvalue weighted by Crippen LogP contribution is -2.68. The number of hydrogen-bond donors (Lipinski definition) is 2. The molecule has 4 amide bonds. The zero-order valence-electron chi connectivity index (χ0n) is 35.5. The number of aromatic nitrogens is 2. The van der Waals surface area contributed by atoms with Crippen LogP contribution in [0.4, 0.5) is 5.69 Å². The van der Waals surface area contributed by atoms with Gasteiger partial charge in [-0.05, 0) is 85.8 Å². The van der Waals surface area contributed by atoms with E-state index in [1.54, 1.807) is 56.4 Å². The summed E-state index contributed by atoms with van der Waals surface area (Å²) in [6.45, 7) is 3.36. The molecule has 2 aromatic heterocycles. The van der Waals surface area contributed by atoms with Gasteiger partial charge in [0.15, 0.2) is 0 Å². The van der Waals surface area contributed by atoms with Crippen LogP contribution in [-0.2, 0) is 37.4 Å². The number of nitrogens with zero attached hydrogens (tertiary/aromatic N) is 4. The van der Waals surface area contributed by atoms with Gasteiger partial charge in [-0.1, -0.05) is 6.07 Å². The molecule has 3 aliphatic carbocycles. The Morgan fingerprint density at radius 1 is 0.935 bits per heavy atom. The molecule has 62 heavy (non-hydrogen) atoms. The van der Waals surface area contributed by atoms with Gasteiger partial charge < -0.3 is 33.7 Å². The molecule has 0 spiro atoms. The number of benzene rings is 2. The highest BCUT2D eigenvalue weighted by atomic mass is 16.5. The predicted octanol–water partition coefficient (Wildman–Crippen LogP) is 4.12. The van der Waals surface area contributed by atoms with E-state index in [2.05, 4.69) is 27.6 Å². The fourth-order valence-electron chi connectivity index (χ4n) is 10.0. The average molecular weight is 849 g/mol. The van der Waals surface area contributed by atoms with E-state index in [-0.39, 0.29) is 40.4 Å². The molecule has 4 aromatic rings. The summed E-state index contributed by atoms with van der Waals surface area (Å²) in [5.41, 5.74) is 3.39. The SMILES string of the molecule is COc1cc(-c2cn(C)c(=O)c3cnccc23)cc(OC)c1CN(C)CC12CC(C(=O)CCCOCCOCCNc3cccc4c3C(=O)N(C3CCC(=O)NC3=O)C4=O)(C1)C2. The van der Waals surface area contributed by atoms with Crippen LogP contribution in [0.3, 0.4) is 0 Å². The lowest BCUT2D eigenvalue weighted by Gasteiger charge is -2.70. The number of nitrogens with one attached hydrogen (secondary N) is 2. The minimum Gasteiger partial charge on any atom is -0.496 e. The van der Waals surface area contributed by atoms with Crippen LogP contribution < -0.4 is 25.7 Å². The monoisotopic (exact) mass is 848 g/mol. The number of aryl methyl sites for hydroxylation is 1. The zero-order chi connectivity index (χ0) is 43.8. The largest absolute Gasteiger partial charge is 0.496 e. The number of fused-ring (bicyclic) bond motifs is 2. The van der Waals surface area contributed by atoms with Crippen LogP contribution >= 0.6 is 0 Å². The standard InChI is InChI=1S/C46H52N6O10/c1-50(22-33-36(59-3)19-28(20-37(33)60-4)32-23-51(2)42(56)31-21-47-13-12-29(31)32)27-45-24-46(25-45,26-45)38(53)9-6-15-61-17-18-62-16-14-48-34-8-5-7-30-40(34)44(58)52(43(30)57)35-10-11-39(54)49-41(35)55/h5,7-8,12-13,19-21,23,35,48H,6,9-11,14-18,22,24-27H2,1-4H3,(H,49,54,55). The molecule has 4 heterocycles. The van der Waals surface area contributed by atoms with Crippen molar-refractivity contribution in [3.8, 4) is 22.6 Å². The highest BCUT2D eigenvalue weighted by Crippen LogP contribution is 2.74. The first kappa shape index (κ1) is 42.7. The van der Waals surface area contributed by atoms with Gasteiger partial charge in [-0.2, -0.15) is 0 Å². The molecule has 9 rings (SSSR count). The molecule has 1 atom stereocenters. The number of rotatable bonds is 20. The molecule has 5 aliphatic rings. The summed E-state index contributed by atoms with van der Waals surface area (Å²) in [5, 5.41) is 6.72. The summed E-state index contributed by atoms with van der Waals surface area (Å²) < 4.78 is 24.8. The lowest BCUT2D eigenvalue weighted by atomic mass is 9.33. The van der Waals surface area contributed by atoms with Crippen LogP contribution in [0.1, 0.15) is 71.2 Å². The highest BCUT2D eigenvalue weighted by molar-refractivity contribution is 6.25. The minimum atomic E-state index is -1.02. The molecular weight excluding hydrogens is 797 g/mol. The number of carbonyl (C=O) groups is 5. The maximum absolute atomic E-state index is 13.3. The van der Waals surface area contributed by atoms with Crippen molar-refractivity contribution in [1.29, 1.82) is 0 Å². The van der Waals surface area contributed by atoms with E-state index in [9.17, 15) is 28.8 Å². The van der Waals surface area contributed by atoms with Gasteiger partial charge in [-0.15, -0.1) is 0 Å². The van der Waals surface area contributed by atoms with Crippen LogP contribution in [-0.4, -0.2) is 116 Å². The lowest BCUT2D eigenvalue weighted by molar-refractivity contribution is -0.211. The number of Topliss-reactive ketones (excluding diaryl/α,β-unsaturated/α-hetero) is 1. The maximum Gasteiger partial charge on any atom is 0.264 e. The second-order valence-corrected chi connectivity index (χ2v) is 17.1. The van der Waals surface area contributed by atoms with Gasteiger partial charge in [-0.25, -0.2) is 0 Å². The van der Waals surface area contributed by atoms with Gasteiger partial charge in [0.1, 0.15) is 23.3 Å². The molecule has 3 saturated carbocycles. The van der Waals surface area contributed by atoms with Crippen LogP contribution in [0, 0.1) is 10.8 Å². The fraction of sp³-hybridized carbons (Fsp3) is 0.457. The first-order chi connectivity index (χ1) is 29.9. The molecule has 0 radical (unpaired) electrons. The van der Waals surface area contributed by atoms with E-state index in [1.807, 2.05) is 24.4 Å². The van der Waals surface area contributed by atoms with Crippen LogP contribution in [0.15, 0.2) is 59.8 Å². The molecule has 2 aromatic carbocycles. The number of imide groups is 2. The first-order valence-electron chi connectivity index (χ1n) is 21.0. The smallest absolute Gasteiger partial charge is 0.264 e. The molecule has 2 bridgehead atoms. The Labute approximate surface area is 358 Å². The summed E-state index contributed by atoms with van der Waals surface area (Å²) in [6.07, 6.45) is 9.11. The van der Waals surface area contributed by atoms with Gasteiger partial charge in [0.25, 0.3) is 17.4 Å². The van der Waals surface area contributed by atoms with Crippen LogP contribution in [0.2, 0.25) is 0 Å². The number of anilines is 1. The molecule has 4 fully saturated rings. The maximum atomic E-state index is 13.3. The molecule has 1 unspecified atom stereocenters. The third kappa shape index (κ3) is 7.98. The summed E-state index contributed by atoms with van der Waals surface area (Å²) in [7, 11) is 7.12. The minimum absolute atomic E-state index is 0.0576. The average Bonchev–Trinajstić information content (AvgIpc) is 3.49. The van der Waals surface area contributed by atoms with Crippen molar-refractivity contribution in [2.45, 2.75) is 57.5 Å². The third-order valence-electron chi connectivity index (χ3n) is 12.8. The van der Waals surface area contributed by atoms with Crippen molar-refractivity contribution < 1.29 is 42.9 Å². The van der Waals surface area contributed by atoms with Gasteiger partial charge >= 0.3 is 0 Å². The first-order valence-corrected chi connectivity index (χ1v) is 21.0. The number of ether oxygens (including phenoxy) is 4. The third-order valence-corrected chi connectivity index (χ3v) is 12.8. The van der Waals surface area contributed by atoms with E-state index in [0.717, 1.165) is 52.8 Å². The van der Waals surface area contributed by atoms with E-state index in [1.165, 1.54) is 0 Å². The normalized spacial score (nSPS) is 21.4. The van der Waals surface area contributed by atoms with Crippen molar-refractivity contribution in [2.75, 3.05) is 66.1 Å². The molecule has 16 heteroatoms. The van der Waals surface area contributed by atoms with Crippen molar-refractivity contribution in [2.24, 2.45) is 17.9 Å². The van der Waals surface area contributed by atoms with Gasteiger partial charge in [0.2, 0.25) is 11.8 Å². The zero-order valence-corrected chi connectivity index (χ0v) is 35.5. The molecule has 1 saturated heterocycles. The number of hydrogen-bond acceptors (Lipinski definition) is 13. The summed E-state index contributed by atoms with van der Waals surface area (Å²) in [4.78, 5) is 83.7. The second-order valence-electron chi connectivity index (χ2n) is 17.1. The Kier molecular flexibility index (Phi) is 12.0. The summed E-state index contributed by atoms with van der Waals surface area (Å²) >= 11 is 0. The van der Waals surface area contributed by atoms with E-state index in [4.69, 9.17) is 18.9 Å². The van der Waals surface area contributed by atoms with Gasteiger partial charge in [0.05, 0.1) is 56.1 Å². The van der Waals surface area contributed by atoms with Crippen molar-refractivity contribution >= 4 is 45.9 Å². The Balaban J connectivity index is 0.732. The predicted molar refractivity (Wildman–Crippen MR) is 228 cm³/mol. The molecule has 2 aliphatic heterocycles. The Bertz CT molecular complexity index is 2470. The molecule has 326 valence electrons. The van der Waals surface area contributed by atoms with E-state index >= 15 is 0 Å². The fourth-order valence-corrected chi connectivity index (χ4v) is 10.0. The topological polar surface area (TPSA) is 188 Å². The van der Waals surface area contributed by atoms with Gasteiger partial charge in [0, 0.05) is 81.4 Å².